The maximum atomic E-state index is 13.3. The molecule has 0 aliphatic carbocycles. The summed E-state index contributed by atoms with van der Waals surface area (Å²) >= 11 is 6.08. The summed E-state index contributed by atoms with van der Waals surface area (Å²) < 4.78 is 27.2. The normalized spacial score (nSPS) is 12.4. The van der Waals surface area contributed by atoms with Crippen LogP contribution in [-0.4, -0.2) is 25.1 Å². The summed E-state index contributed by atoms with van der Waals surface area (Å²) in [5, 5.41) is 13.4. The van der Waals surface area contributed by atoms with Crippen molar-refractivity contribution in [2.75, 3.05) is 0 Å². The van der Waals surface area contributed by atoms with Crippen molar-refractivity contribution in [2.45, 2.75) is 17.6 Å². The van der Waals surface area contributed by atoms with Gasteiger partial charge in [0.2, 0.25) is 0 Å². The van der Waals surface area contributed by atoms with Gasteiger partial charge in [-0.3, -0.25) is 8.89 Å². The smallest absolute Gasteiger partial charge is 0.338 e. The van der Waals surface area contributed by atoms with Crippen molar-refractivity contribution in [1.29, 1.82) is 0 Å². The van der Waals surface area contributed by atoms with E-state index in [9.17, 15) is 13.4 Å². The molecule has 2 rings (SSSR count). The van der Waals surface area contributed by atoms with E-state index in [0.29, 0.717) is 16.4 Å². The molecule has 1 N–H and O–H groups in total. The van der Waals surface area contributed by atoms with Crippen LogP contribution in [0.3, 0.4) is 0 Å². The van der Waals surface area contributed by atoms with E-state index in [0.717, 1.165) is 12.1 Å². The van der Waals surface area contributed by atoms with Crippen LogP contribution in [0.5, 0.6) is 0 Å². The molecule has 0 saturated heterocycles. The molecule has 0 amide bonds. The van der Waals surface area contributed by atoms with Crippen molar-refractivity contribution in [3.8, 4) is 0 Å². The maximum absolute atomic E-state index is 13.3. The lowest BCUT2D eigenvalue weighted by atomic mass is 10.2. The van der Waals surface area contributed by atoms with Crippen LogP contribution in [0.15, 0.2) is 23.1 Å². The highest BCUT2D eigenvalue weighted by Crippen LogP contribution is 2.23. The summed E-state index contributed by atoms with van der Waals surface area (Å²) in [5.41, 5.74) is 0.693. The number of aromatic carboxylic acids is 1. The Morgan fingerprint density at radius 1 is 1.52 bits per heavy atom. The highest BCUT2D eigenvalue weighted by atomic mass is 35.5. The maximum Gasteiger partial charge on any atom is 0.338 e. The zero-order valence-corrected chi connectivity index (χ0v) is 12.8. The molecule has 0 bridgehead atoms. The molecule has 0 fully saturated rings. The number of carboxylic acids is 1. The Morgan fingerprint density at radius 2 is 2.19 bits per heavy atom. The largest absolute Gasteiger partial charge is 0.478 e. The minimum atomic E-state index is -1.55. The van der Waals surface area contributed by atoms with E-state index >= 15 is 0 Å². The monoisotopic (exact) mass is 330 g/mol. The van der Waals surface area contributed by atoms with E-state index in [1.807, 2.05) is 0 Å². The number of aromatic nitrogens is 2. The van der Waals surface area contributed by atoms with Crippen molar-refractivity contribution < 1.29 is 18.5 Å². The minimum Gasteiger partial charge on any atom is -0.478 e. The van der Waals surface area contributed by atoms with Crippen LogP contribution in [0.1, 0.15) is 21.7 Å². The Morgan fingerprint density at radius 3 is 2.71 bits per heavy atom. The average molecular weight is 331 g/mol. The van der Waals surface area contributed by atoms with Gasteiger partial charge >= 0.3 is 5.97 Å². The van der Waals surface area contributed by atoms with E-state index in [-0.39, 0.29) is 10.6 Å². The van der Waals surface area contributed by atoms with Gasteiger partial charge in [0.15, 0.2) is 0 Å². The van der Waals surface area contributed by atoms with Gasteiger partial charge < -0.3 is 5.11 Å². The zero-order valence-electron chi connectivity index (χ0n) is 11.3. The second kappa shape index (κ2) is 5.95. The molecule has 1 aromatic carbocycles. The number of nitrogens with zero attached hydrogens (tertiary/aromatic N) is 2. The van der Waals surface area contributed by atoms with Crippen LogP contribution in [0.4, 0.5) is 4.39 Å². The van der Waals surface area contributed by atoms with Gasteiger partial charge in [-0.25, -0.2) is 9.18 Å². The Hall–Kier alpha value is -1.73. The molecule has 1 heterocycles. The number of rotatable bonds is 4. The summed E-state index contributed by atoms with van der Waals surface area (Å²) in [6, 6.07) is 3.37. The first kappa shape index (κ1) is 15.7. The van der Waals surface area contributed by atoms with E-state index in [4.69, 9.17) is 16.7 Å². The standard InChI is InChI=1S/C13H12ClFN2O3S/c1-7-12(14)11(17(2)16-7)6-21(20)8-3-4-10(15)9(5-8)13(18)19/h3-5H,6H2,1-2H3,(H,18,19). The van der Waals surface area contributed by atoms with Crippen LogP contribution in [0.2, 0.25) is 5.02 Å². The molecule has 5 nitrogen and oxygen atoms in total. The fraction of sp³-hybridized carbons (Fsp3) is 0.231. The highest BCUT2D eigenvalue weighted by Gasteiger charge is 2.17. The third kappa shape index (κ3) is 3.14. The summed E-state index contributed by atoms with van der Waals surface area (Å²) in [5.74, 6) is -2.20. The summed E-state index contributed by atoms with van der Waals surface area (Å²) in [6.07, 6.45) is 0. The number of aryl methyl sites for hydroxylation is 2. The Labute approximate surface area is 127 Å². The fourth-order valence-corrected chi connectivity index (χ4v) is 3.38. The molecule has 8 heteroatoms. The third-order valence-corrected chi connectivity index (χ3v) is 4.77. The molecule has 112 valence electrons. The van der Waals surface area contributed by atoms with Gasteiger partial charge in [-0.1, -0.05) is 11.6 Å². The minimum absolute atomic E-state index is 0.0703. The second-order valence-corrected chi connectivity index (χ2v) is 6.24. The zero-order chi connectivity index (χ0) is 15.7. The second-order valence-electron chi connectivity index (χ2n) is 4.41. The van der Waals surface area contributed by atoms with Gasteiger partial charge in [-0.05, 0) is 25.1 Å². The van der Waals surface area contributed by atoms with Gasteiger partial charge in [0.05, 0.1) is 38.5 Å². The predicted molar refractivity (Wildman–Crippen MR) is 76.4 cm³/mol. The highest BCUT2D eigenvalue weighted by molar-refractivity contribution is 7.84. The SMILES string of the molecule is Cc1nn(C)c(CS(=O)c2ccc(F)c(C(=O)O)c2)c1Cl. The summed E-state index contributed by atoms with van der Waals surface area (Å²) in [4.78, 5) is 11.1. The molecule has 1 aromatic heterocycles. The molecule has 0 spiro atoms. The lowest BCUT2D eigenvalue weighted by molar-refractivity contribution is 0.0691. The topological polar surface area (TPSA) is 72.2 Å². The molecule has 1 unspecified atom stereocenters. The van der Waals surface area contributed by atoms with Gasteiger partial charge in [0.1, 0.15) is 5.82 Å². The lowest BCUT2D eigenvalue weighted by Crippen LogP contribution is -2.06. The fourth-order valence-electron chi connectivity index (χ4n) is 1.85. The van der Waals surface area contributed by atoms with Gasteiger partial charge in [0.25, 0.3) is 0 Å². The van der Waals surface area contributed by atoms with Crippen molar-refractivity contribution in [2.24, 2.45) is 7.05 Å². The first-order valence-corrected chi connectivity index (χ1v) is 7.60. The quantitative estimate of drug-likeness (QED) is 0.935. The molecule has 1 atom stereocenters. The third-order valence-electron chi connectivity index (χ3n) is 2.96. The molecule has 2 aromatic rings. The summed E-state index contributed by atoms with van der Waals surface area (Å²) in [6.45, 7) is 1.73. The van der Waals surface area contributed by atoms with E-state index in [1.54, 1.807) is 14.0 Å². The first-order chi connectivity index (χ1) is 9.81. The molecule has 0 aliphatic heterocycles. The van der Waals surface area contributed by atoms with Crippen LogP contribution in [0, 0.1) is 12.7 Å². The van der Waals surface area contributed by atoms with Crippen LogP contribution < -0.4 is 0 Å². The molecule has 21 heavy (non-hydrogen) atoms. The summed E-state index contributed by atoms with van der Waals surface area (Å²) in [7, 11) is 0.127. The Kier molecular flexibility index (Phi) is 4.43. The van der Waals surface area contributed by atoms with Gasteiger partial charge in [-0.15, -0.1) is 0 Å². The number of hydrogen-bond donors (Lipinski definition) is 1. The van der Waals surface area contributed by atoms with Crippen molar-refractivity contribution in [3.63, 3.8) is 0 Å². The molecule has 0 saturated carbocycles. The van der Waals surface area contributed by atoms with Crippen molar-refractivity contribution in [1.82, 2.24) is 9.78 Å². The van der Waals surface area contributed by atoms with Crippen LogP contribution >= 0.6 is 11.6 Å². The number of carboxylic acid groups (broad SMARTS) is 1. The van der Waals surface area contributed by atoms with Gasteiger partial charge in [0, 0.05) is 11.9 Å². The van der Waals surface area contributed by atoms with Crippen LogP contribution in [-0.2, 0) is 23.6 Å². The van der Waals surface area contributed by atoms with Crippen molar-refractivity contribution in [3.05, 3.63) is 46.0 Å². The number of halogens is 2. The Balaban J connectivity index is 2.33. The number of carbonyl (C=O) groups is 1. The number of benzene rings is 1. The van der Waals surface area contributed by atoms with Gasteiger partial charge in [-0.2, -0.15) is 5.10 Å². The first-order valence-electron chi connectivity index (χ1n) is 5.90. The van der Waals surface area contributed by atoms with E-state index < -0.39 is 28.1 Å². The van der Waals surface area contributed by atoms with E-state index in [1.165, 1.54) is 10.7 Å². The molecule has 0 aliphatic rings. The molecular formula is C13H12ClFN2O3S. The van der Waals surface area contributed by atoms with Crippen molar-refractivity contribution >= 4 is 28.4 Å². The predicted octanol–water partition coefficient (Wildman–Crippen LogP) is 2.53. The molecule has 0 radical (unpaired) electrons. The van der Waals surface area contributed by atoms with E-state index in [2.05, 4.69) is 5.10 Å². The number of hydrogen-bond acceptors (Lipinski definition) is 3. The lowest BCUT2D eigenvalue weighted by Gasteiger charge is -2.05. The average Bonchev–Trinajstić information content (AvgIpc) is 2.65. The Bertz CT molecular complexity index is 745. The van der Waals surface area contributed by atoms with Crippen LogP contribution in [0.25, 0.3) is 0 Å². The molecular weight excluding hydrogens is 319 g/mol.